The highest BCUT2D eigenvalue weighted by Crippen LogP contribution is 2.26. The van der Waals surface area contributed by atoms with Gasteiger partial charge in [0.15, 0.2) is 0 Å². The summed E-state index contributed by atoms with van der Waals surface area (Å²) in [5, 5.41) is 11.8. The first-order valence-corrected chi connectivity index (χ1v) is 6.98. The number of rotatable bonds is 7. The number of hydrogen-bond donors (Lipinski definition) is 2. The van der Waals surface area contributed by atoms with Gasteiger partial charge in [-0.05, 0) is 28.1 Å². The zero-order valence-electron chi connectivity index (χ0n) is 11.6. The number of halogens is 1. The number of amides is 2. The van der Waals surface area contributed by atoms with E-state index in [0.717, 1.165) is 0 Å². The van der Waals surface area contributed by atoms with E-state index in [4.69, 9.17) is 9.84 Å². The van der Waals surface area contributed by atoms with Crippen LogP contribution in [-0.2, 0) is 4.74 Å². The Kier molecular flexibility index (Phi) is 6.90. The smallest absolute Gasteiger partial charge is 0.337 e. The van der Waals surface area contributed by atoms with Crippen LogP contribution in [0.5, 0.6) is 0 Å². The first-order valence-electron chi connectivity index (χ1n) is 6.18. The van der Waals surface area contributed by atoms with Crippen molar-refractivity contribution in [3.63, 3.8) is 0 Å². The lowest BCUT2D eigenvalue weighted by Gasteiger charge is -2.22. The first-order chi connectivity index (χ1) is 10.0. The third kappa shape index (κ3) is 4.87. The van der Waals surface area contributed by atoms with Crippen LogP contribution in [0.25, 0.3) is 0 Å². The van der Waals surface area contributed by atoms with Gasteiger partial charge in [-0.15, -0.1) is 6.58 Å². The van der Waals surface area contributed by atoms with Crippen LogP contribution in [0, 0.1) is 0 Å². The van der Waals surface area contributed by atoms with Crippen LogP contribution in [0.2, 0.25) is 0 Å². The van der Waals surface area contributed by atoms with Crippen molar-refractivity contribution in [2.24, 2.45) is 0 Å². The quantitative estimate of drug-likeness (QED) is 0.736. The molecule has 1 aromatic carbocycles. The molecule has 0 saturated carbocycles. The minimum Gasteiger partial charge on any atom is -0.478 e. The molecule has 0 aliphatic carbocycles. The van der Waals surface area contributed by atoms with Gasteiger partial charge in [-0.1, -0.05) is 12.1 Å². The molecule has 0 radical (unpaired) electrons. The lowest BCUT2D eigenvalue weighted by atomic mass is 10.2. The number of aromatic carboxylic acids is 1. The minimum atomic E-state index is -1.11. The van der Waals surface area contributed by atoms with Gasteiger partial charge in [0.25, 0.3) is 0 Å². The summed E-state index contributed by atoms with van der Waals surface area (Å²) in [6, 6.07) is 4.27. The Labute approximate surface area is 131 Å². The molecule has 7 heteroatoms. The molecule has 114 valence electrons. The number of methoxy groups -OCH3 is 1. The molecule has 0 aliphatic rings. The molecule has 0 bridgehead atoms. The van der Waals surface area contributed by atoms with Crippen molar-refractivity contribution in [1.29, 1.82) is 0 Å². The highest BCUT2D eigenvalue weighted by atomic mass is 79.9. The number of carboxylic acids is 1. The van der Waals surface area contributed by atoms with Gasteiger partial charge >= 0.3 is 12.0 Å². The van der Waals surface area contributed by atoms with E-state index in [1.807, 2.05) is 0 Å². The van der Waals surface area contributed by atoms with Gasteiger partial charge in [0, 0.05) is 24.7 Å². The zero-order valence-corrected chi connectivity index (χ0v) is 13.2. The van der Waals surface area contributed by atoms with Crippen molar-refractivity contribution in [2.75, 3.05) is 32.1 Å². The van der Waals surface area contributed by atoms with Crippen molar-refractivity contribution >= 4 is 33.6 Å². The fourth-order valence-electron chi connectivity index (χ4n) is 1.65. The molecule has 1 rings (SSSR count). The van der Waals surface area contributed by atoms with Gasteiger partial charge in [0.1, 0.15) is 0 Å². The summed E-state index contributed by atoms with van der Waals surface area (Å²) in [7, 11) is 1.54. The number of anilines is 1. The highest BCUT2D eigenvalue weighted by molar-refractivity contribution is 9.10. The number of hydrogen-bond acceptors (Lipinski definition) is 3. The Bertz CT molecular complexity index is 534. The minimum absolute atomic E-state index is 0.0167. The van der Waals surface area contributed by atoms with Crippen molar-refractivity contribution in [3.05, 3.63) is 40.9 Å². The van der Waals surface area contributed by atoms with Crippen molar-refractivity contribution < 1.29 is 19.4 Å². The monoisotopic (exact) mass is 356 g/mol. The normalized spacial score (nSPS) is 10.0. The number of nitrogens with one attached hydrogen (secondary N) is 1. The van der Waals surface area contributed by atoms with E-state index >= 15 is 0 Å². The van der Waals surface area contributed by atoms with Crippen molar-refractivity contribution in [3.8, 4) is 0 Å². The summed E-state index contributed by atoms with van der Waals surface area (Å²) in [4.78, 5) is 24.9. The van der Waals surface area contributed by atoms with E-state index in [0.29, 0.717) is 24.2 Å². The topological polar surface area (TPSA) is 78.9 Å². The number of benzene rings is 1. The Balaban J connectivity index is 2.95. The number of urea groups is 1. The van der Waals surface area contributed by atoms with Gasteiger partial charge < -0.3 is 20.1 Å². The molecular formula is C14H17BrN2O4. The summed E-state index contributed by atoms with van der Waals surface area (Å²) in [5.41, 5.74) is 0.240. The van der Waals surface area contributed by atoms with Crippen molar-refractivity contribution in [2.45, 2.75) is 0 Å². The van der Waals surface area contributed by atoms with Gasteiger partial charge in [-0.2, -0.15) is 0 Å². The fourth-order valence-corrected chi connectivity index (χ4v) is 2.11. The zero-order chi connectivity index (χ0) is 15.8. The predicted octanol–water partition coefficient (Wildman–Crippen LogP) is 2.81. The molecule has 21 heavy (non-hydrogen) atoms. The molecular weight excluding hydrogens is 340 g/mol. The third-order valence-electron chi connectivity index (χ3n) is 2.68. The molecule has 0 heterocycles. The Morgan fingerprint density at radius 1 is 1.52 bits per heavy atom. The summed E-state index contributed by atoms with van der Waals surface area (Å²) in [6.07, 6.45) is 1.59. The van der Waals surface area contributed by atoms with E-state index in [1.165, 1.54) is 11.0 Å². The van der Waals surface area contributed by atoms with Crippen LogP contribution >= 0.6 is 15.9 Å². The van der Waals surface area contributed by atoms with Gasteiger partial charge in [0.05, 0.1) is 17.9 Å². The molecule has 0 spiro atoms. The first kappa shape index (κ1) is 17.2. The van der Waals surface area contributed by atoms with Gasteiger partial charge in [0.2, 0.25) is 0 Å². The number of ether oxygens (including phenoxy) is 1. The summed E-state index contributed by atoms with van der Waals surface area (Å²) >= 11 is 3.24. The van der Waals surface area contributed by atoms with E-state index in [-0.39, 0.29) is 11.3 Å². The highest BCUT2D eigenvalue weighted by Gasteiger charge is 2.18. The SMILES string of the molecule is C=CCN(CCOC)C(=O)Nc1c(Br)cccc1C(=O)O. The van der Waals surface area contributed by atoms with Gasteiger partial charge in [-0.3, -0.25) is 0 Å². The number of carboxylic acid groups (broad SMARTS) is 1. The molecule has 0 saturated heterocycles. The number of para-hydroxylation sites is 1. The second-order valence-corrected chi connectivity index (χ2v) is 4.98. The molecule has 0 aromatic heterocycles. The average molecular weight is 357 g/mol. The maximum atomic E-state index is 12.2. The molecule has 2 amide bonds. The molecule has 2 N–H and O–H groups in total. The maximum absolute atomic E-state index is 12.2. The third-order valence-corrected chi connectivity index (χ3v) is 3.34. The Hall–Kier alpha value is -1.86. The summed E-state index contributed by atoms with van der Waals surface area (Å²) in [5.74, 6) is -1.11. The fraction of sp³-hybridized carbons (Fsp3) is 0.286. The van der Waals surface area contributed by atoms with Crippen LogP contribution in [0.15, 0.2) is 35.3 Å². The molecule has 0 aliphatic heterocycles. The average Bonchev–Trinajstić information content (AvgIpc) is 2.45. The van der Waals surface area contributed by atoms with Crippen LogP contribution in [-0.4, -0.2) is 48.8 Å². The second-order valence-electron chi connectivity index (χ2n) is 4.13. The van der Waals surface area contributed by atoms with E-state index in [9.17, 15) is 9.59 Å². The lowest BCUT2D eigenvalue weighted by Crippen LogP contribution is -2.37. The maximum Gasteiger partial charge on any atom is 0.337 e. The molecule has 0 atom stereocenters. The van der Waals surface area contributed by atoms with E-state index in [2.05, 4.69) is 27.8 Å². The van der Waals surface area contributed by atoms with Crippen LogP contribution in [0.1, 0.15) is 10.4 Å². The molecule has 0 fully saturated rings. The summed E-state index contributed by atoms with van der Waals surface area (Å²) in [6.45, 7) is 4.69. The van der Waals surface area contributed by atoms with Gasteiger partial charge in [-0.25, -0.2) is 9.59 Å². The second kappa shape index (κ2) is 8.43. The van der Waals surface area contributed by atoms with Crippen LogP contribution in [0.3, 0.4) is 0 Å². The van der Waals surface area contributed by atoms with E-state index < -0.39 is 12.0 Å². The Morgan fingerprint density at radius 3 is 2.81 bits per heavy atom. The summed E-state index contributed by atoms with van der Waals surface area (Å²) < 4.78 is 5.45. The molecule has 0 unspecified atom stereocenters. The standard InChI is InChI=1S/C14H17BrN2O4/c1-3-7-17(8-9-21-2)14(20)16-12-10(13(18)19)5-4-6-11(12)15/h3-6H,1,7-9H2,2H3,(H,16,20)(H,18,19). The van der Waals surface area contributed by atoms with E-state index in [1.54, 1.807) is 25.3 Å². The number of carbonyl (C=O) groups excluding carboxylic acids is 1. The lowest BCUT2D eigenvalue weighted by molar-refractivity contribution is 0.0698. The van der Waals surface area contributed by atoms with Crippen molar-refractivity contribution in [1.82, 2.24) is 4.90 Å². The number of carbonyl (C=O) groups is 2. The molecule has 6 nitrogen and oxygen atoms in total. The number of nitrogens with zero attached hydrogens (tertiary/aromatic N) is 1. The predicted molar refractivity (Wildman–Crippen MR) is 83.8 cm³/mol. The van der Waals surface area contributed by atoms with Crippen LogP contribution in [0.4, 0.5) is 10.5 Å². The Morgan fingerprint density at radius 2 is 2.24 bits per heavy atom. The largest absolute Gasteiger partial charge is 0.478 e. The molecule has 1 aromatic rings. The van der Waals surface area contributed by atoms with Crippen LogP contribution < -0.4 is 5.32 Å².